The second-order valence-electron chi connectivity index (χ2n) is 6.83. The van der Waals surface area contributed by atoms with Crippen molar-refractivity contribution in [3.63, 3.8) is 0 Å². The number of amides is 1. The fourth-order valence-electron chi connectivity index (χ4n) is 3.27. The van der Waals surface area contributed by atoms with E-state index in [1.807, 2.05) is 20.8 Å². The number of carbonyl (C=O) groups is 1. The number of rotatable bonds is 5. The van der Waals surface area contributed by atoms with Gasteiger partial charge in [-0.1, -0.05) is 25.1 Å². The lowest BCUT2D eigenvalue weighted by molar-refractivity contribution is -0.136. The molecule has 2 heterocycles. The van der Waals surface area contributed by atoms with Crippen LogP contribution in [0.1, 0.15) is 18.6 Å². The van der Waals surface area contributed by atoms with Gasteiger partial charge in [0.05, 0.1) is 17.4 Å². The first-order chi connectivity index (χ1) is 12.8. The first kappa shape index (κ1) is 19.5. The van der Waals surface area contributed by atoms with E-state index in [9.17, 15) is 13.2 Å². The lowest BCUT2D eigenvalue weighted by Crippen LogP contribution is -2.52. The van der Waals surface area contributed by atoms with Crippen molar-refractivity contribution in [2.75, 3.05) is 26.2 Å². The Kier molecular flexibility index (Phi) is 5.61. The topological polar surface area (TPSA) is 88.4 Å². The van der Waals surface area contributed by atoms with Gasteiger partial charge in [-0.15, -0.1) is 0 Å². The summed E-state index contributed by atoms with van der Waals surface area (Å²) < 4.78 is 28.6. The van der Waals surface area contributed by atoms with Gasteiger partial charge in [-0.05, 0) is 26.0 Å². The van der Waals surface area contributed by atoms with Gasteiger partial charge in [0.1, 0.15) is 11.6 Å². The molecule has 8 nitrogen and oxygen atoms in total. The van der Waals surface area contributed by atoms with Gasteiger partial charge in [-0.25, -0.2) is 18.1 Å². The standard InChI is InChI=1S/C18H25N5O3S/c1-14(13-23-16(3)19-15(2)20-23)18(24)21-9-11-22(12-10-21)27(25,26)17-7-5-4-6-8-17/h4-8,14H,9-13H2,1-3H3/t14-/m1/s1. The molecule has 0 spiro atoms. The second-order valence-corrected chi connectivity index (χ2v) is 8.77. The fourth-order valence-corrected chi connectivity index (χ4v) is 4.72. The first-order valence-electron chi connectivity index (χ1n) is 9.01. The number of carbonyl (C=O) groups excluding carboxylic acids is 1. The highest BCUT2D eigenvalue weighted by Crippen LogP contribution is 2.18. The Morgan fingerprint density at radius 2 is 1.74 bits per heavy atom. The van der Waals surface area contributed by atoms with Gasteiger partial charge < -0.3 is 4.90 Å². The minimum absolute atomic E-state index is 0.0133. The van der Waals surface area contributed by atoms with Gasteiger partial charge in [-0.2, -0.15) is 9.40 Å². The molecule has 1 aliphatic rings. The molecule has 1 aromatic heterocycles. The van der Waals surface area contributed by atoms with Gasteiger partial charge in [0.15, 0.2) is 0 Å². The summed E-state index contributed by atoms with van der Waals surface area (Å²) in [6.07, 6.45) is 0. The maximum Gasteiger partial charge on any atom is 0.243 e. The Morgan fingerprint density at radius 1 is 1.11 bits per heavy atom. The van der Waals surface area contributed by atoms with Crippen molar-refractivity contribution in [2.24, 2.45) is 5.92 Å². The summed E-state index contributed by atoms with van der Waals surface area (Å²) in [6.45, 7) is 7.41. The second kappa shape index (κ2) is 7.77. The smallest absolute Gasteiger partial charge is 0.243 e. The molecule has 1 fully saturated rings. The molecule has 1 aliphatic heterocycles. The first-order valence-corrected chi connectivity index (χ1v) is 10.4. The molecule has 1 atom stereocenters. The number of nitrogens with zero attached hydrogens (tertiary/aromatic N) is 5. The number of hydrogen-bond acceptors (Lipinski definition) is 5. The molecule has 1 aromatic carbocycles. The van der Waals surface area contributed by atoms with E-state index < -0.39 is 10.0 Å². The van der Waals surface area contributed by atoms with E-state index in [1.165, 1.54) is 4.31 Å². The van der Waals surface area contributed by atoms with Crippen molar-refractivity contribution in [1.29, 1.82) is 0 Å². The van der Waals surface area contributed by atoms with Crippen LogP contribution in [0.2, 0.25) is 0 Å². The van der Waals surface area contributed by atoms with E-state index in [-0.39, 0.29) is 16.7 Å². The molecule has 2 aromatic rings. The van der Waals surface area contributed by atoms with Crippen molar-refractivity contribution in [3.8, 4) is 0 Å². The molecule has 0 N–H and O–H groups in total. The van der Waals surface area contributed by atoms with Crippen LogP contribution in [0.3, 0.4) is 0 Å². The highest BCUT2D eigenvalue weighted by Gasteiger charge is 2.31. The highest BCUT2D eigenvalue weighted by molar-refractivity contribution is 7.89. The minimum Gasteiger partial charge on any atom is -0.340 e. The third-order valence-corrected chi connectivity index (χ3v) is 6.68. The molecule has 146 valence electrons. The van der Waals surface area contributed by atoms with E-state index in [0.717, 1.165) is 5.82 Å². The number of benzene rings is 1. The largest absolute Gasteiger partial charge is 0.340 e. The van der Waals surface area contributed by atoms with E-state index in [0.29, 0.717) is 38.5 Å². The molecule has 0 unspecified atom stereocenters. The Morgan fingerprint density at radius 3 is 2.30 bits per heavy atom. The fraction of sp³-hybridized carbons (Fsp3) is 0.500. The zero-order valence-electron chi connectivity index (χ0n) is 15.9. The summed E-state index contributed by atoms with van der Waals surface area (Å²) >= 11 is 0. The van der Waals surface area contributed by atoms with Crippen LogP contribution in [0.5, 0.6) is 0 Å². The molecule has 1 amide bonds. The van der Waals surface area contributed by atoms with Crippen LogP contribution >= 0.6 is 0 Å². The van der Waals surface area contributed by atoms with Crippen molar-refractivity contribution >= 4 is 15.9 Å². The van der Waals surface area contributed by atoms with Crippen LogP contribution in [-0.2, 0) is 21.4 Å². The Balaban J connectivity index is 1.60. The summed E-state index contributed by atoms with van der Waals surface area (Å²) in [6, 6.07) is 8.40. The van der Waals surface area contributed by atoms with Gasteiger partial charge in [0.2, 0.25) is 15.9 Å². The highest BCUT2D eigenvalue weighted by atomic mass is 32.2. The van der Waals surface area contributed by atoms with Gasteiger partial charge in [0.25, 0.3) is 0 Å². The van der Waals surface area contributed by atoms with Crippen LogP contribution in [-0.4, -0.2) is 64.5 Å². The van der Waals surface area contributed by atoms with Crippen molar-refractivity contribution < 1.29 is 13.2 Å². The van der Waals surface area contributed by atoms with Crippen LogP contribution < -0.4 is 0 Å². The summed E-state index contributed by atoms with van der Waals surface area (Å²) in [5.74, 6) is 1.24. The molecular formula is C18H25N5O3S. The molecule has 0 aliphatic carbocycles. The summed E-state index contributed by atoms with van der Waals surface area (Å²) in [5.41, 5.74) is 0. The molecule has 27 heavy (non-hydrogen) atoms. The van der Waals surface area contributed by atoms with Gasteiger partial charge >= 0.3 is 0 Å². The third-order valence-electron chi connectivity index (χ3n) is 4.76. The molecule has 3 rings (SSSR count). The van der Waals surface area contributed by atoms with E-state index in [2.05, 4.69) is 10.1 Å². The lowest BCUT2D eigenvalue weighted by atomic mass is 10.1. The number of hydrogen-bond donors (Lipinski definition) is 0. The predicted molar refractivity (Wildman–Crippen MR) is 100 cm³/mol. The number of aromatic nitrogens is 3. The molecule has 9 heteroatoms. The molecular weight excluding hydrogens is 366 g/mol. The summed E-state index contributed by atoms with van der Waals surface area (Å²) in [4.78, 5) is 19.0. The predicted octanol–water partition coefficient (Wildman–Crippen LogP) is 1.06. The van der Waals surface area contributed by atoms with Crippen LogP contribution in [0, 0.1) is 19.8 Å². The Hall–Kier alpha value is -2.26. The average molecular weight is 391 g/mol. The number of sulfonamides is 1. The normalized spacial score (nSPS) is 17.1. The lowest BCUT2D eigenvalue weighted by Gasteiger charge is -2.35. The molecule has 0 saturated carbocycles. The number of aryl methyl sites for hydroxylation is 2. The van der Waals surface area contributed by atoms with Crippen molar-refractivity contribution in [3.05, 3.63) is 42.0 Å². The average Bonchev–Trinajstić information content (AvgIpc) is 2.98. The van der Waals surface area contributed by atoms with Crippen LogP contribution in [0.25, 0.3) is 0 Å². The van der Waals surface area contributed by atoms with E-state index >= 15 is 0 Å². The molecule has 0 radical (unpaired) electrons. The Bertz CT molecular complexity index is 902. The zero-order valence-corrected chi connectivity index (χ0v) is 16.7. The maximum absolute atomic E-state index is 12.7. The van der Waals surface area contributed by atoms with E-state index in [4.69, 9.17) is 0 Å². The SMILES string of the molecule is Cc1nc(C)n(C[C@@H](C)C(=O)N2CCN(S(=O)(=O)c3ccccc3)CC2)n1. The summed E-state index contributed by atoms with van der Waals surface area (Å²) in [7, 11) is -3.51. The quantitative estimate of drug-likeness (QED) is 0.761. The zero-order chi connectivity index (χ0) is 19.6. The van der Waals surface area contributed by atoms with Crippen LogP contribution in [0.15, 0.2) is 35.2 Å². The molecule has 1 saturated heterocycles. The minimum atomic E-state index is -3.51. The van der Waals surface area contributed by atoms with Crippen molar-refractivity contribution in [1.82, 2.24) is 24.0 Å². The Labute approximate surface area is 159 Å². The maximum atomic E-state index is 12.7. The van der Waals surface area contributed by atoms with Gasteiger partial charge in [0, 0.05) is 26.2 Å². The monoisotopic (exact) mass is 391 g/mol. The number of piperazine rings is 1. The van der Waals surface area contributed by atoms with E-state index in [1.54, 1.807) is 39.9 Å². The summed E-state index contributed by atoms with van der Waals surface area (Å²) in [5, 5.41) is 4.30. The van der Waals surface area contributed by atoms with Crippen molar-refractivity contribution in [2.45, 2.75) is 32.2 Å². The van der Waals surface area contributed by atoms with Crippen LogP contribution in [0.4, 0.5) is 0 Å². The third kappa shape index (κ3) is 4.19. The molecule has 0 bridgehead atoms. The van der Waals surface area contributed by atoms with Gasteiger partial charge in [-0.3, -0.25) is 4.79 Å².